The van der Waals surface area contributed by atoms with E-state index in [9.17, 15) is 8.42 Å². The molecule has 0 amide bonds. The number of rotatable bonds is 4. The van der Waals surface area contributed by atoms with Crippen molar-refractivity contribution in [1.29, 1.82) is 0 Å². The molecule has 5 nitrogen and oxygen atoms in total. The molecule has 8 heteroatoms. The van der Waals surface area contributed by atoms with Gasteiger partial charge >= 0.3 is 0 Å². The second-order valence-electron chi connectivity index (χ2n) is 5.40. The number of thiazole rings is 1. The maximum atomic E-state index is 12.6. The summed E-state index contributed by atoms with van der Waals surface area (Å²) in [6, 6.07) is 3.57. The van der Waals surface area contributed by atoms with Crippen LogP contribution in [-0.4, -0.2) is 48.8 Å². The molecule has 120 valence electrons. The van der Waals surface area contributed by atoms with Crippen LogP contribution in [0, 0.1) is 13.8 Å². The zero-order valence-corrected chi connectivity index (χ0v) is 15.1. The van der Waals surface area contributed by atoms with Crippen LogP contribution in [0.2, 0.25) is 0 Å². The molecule has 0 aliphatic carbocycles. The smallest absolute Gasteiger partial charge is 0.252 e. The first-order valence-electron chi connectivity index (χ1n) is 7.15. The molecule has 0 saturated carbocycles. The topological polar surface area (TPSA) is 53.5 Å². The molecule has 0 aromatic carbocycles. The van der Waals surface area contributed by atoms with Crippen molar-refractivity contribution in [2.45, 2.75) is 24.6 Å². The summed E-state index contributed by atoms with van der Waals surface area (Å²) >= 11 is 3.00. The second-order valence-corrected chi connectivity index (χ2v) is 9.92. The van der Waals surface area contributed by atoms with Crippen LogP contribution in [-0.2, 0) is 16.6 Å². The number of sulfonamides is 1. The SMILES string of the molecule is Cc1ccc(S(=O)(=O)N2CCN(Cc3csc(C)n3)CC2)s1. The molecule has 1 aliphatic rings. The van der Waals surface area contributed by atoms with E-state index in [2.05, 4.69) is 15.3 Å². The van der Waals surface area contributed by atoms with Crippen molar-refractivity contribution in [1.82, 2.24) is 14.2 Å². The molecule has 1 aliphatic heterocycles. The maximum absolute atomic E-state index is 12.6. The average Bonchev–Trinajstić information content (AvgIpc) is 3.09. The van der Waals surface area contributed by atoms with Crippen LogP contribution in [0.15, 0.2) is 21.7 Å². The highest BCUT2D eigenvalue weighted by atomic mass is 32.2. The average molecular weight is 358 g/mol. The minimum Gasteiger partial charge on any atom is -0.295 e. The Balaban J connectivity index is 1.61. The fourth-order valence-corrected chi connectivity index (χ4v) is 5.98. The monoisotopic (exact) mass is 357 g/mol. The van der Waals surface area contributed by atoms with Crippen molar-refractivity contribution in [2.24, 2.45) is 0 Å². The van der Waals surface area contributed by atoms with Gasteiger partial charge in [-0.2, -0.15) is 4.31 Å². The third kappa shape index (κ3) is 3.41. The first-order valence-corrected chi connectivity index (χ1v) is 10.3. The molecule has 0 bridgehead atoms. The van der Waals surface area contributed by atoms with Gasteiger partial charge in [-0.1, -0.05) is 0 Å². The van der Waals surface area contributed by atoms with E-state index in [1.54, 1.807) is 21.7 Å². The lowest BCUT2D eigenvalue weighted by atomic mass is 10.3. The van der Waals surface area contributed by atoms with Crippen molar-refractivity contribution in [3.05, 3.63) is 33.1 Å². The van der Waals surface area contributed by atoms with Gasteiger partial charge in [-0.25, -0.2) is 13.4 Å². The number of thiophene rings is 1. The predicted octanol–water partition coefficient (Wildman–Crippen LogP) is 2.33. The summed E-state index contributed by atoms with van der Waals surface area (Å²) in [6.07, 6.45) is 0. The quantitative estimate of drug-likeness (QED) is 0.843. The Morgan fingerprint density at radius 2 is 1.91 bits per heavy atom. The lowest BCUT2D eigenvalue weighted by Gasteiger charge is -2.33. The molecule has 3 rings (SSSR count). The highest BCUT2D eigenvalue weighted by molar-refractivity contribution is 7.91. The lowest BCUT2D eigenvalue weighted by molar-refractivity contribution is 0.180. The minimum absolute atomic E-state index is 0.452. The third-order valence-electron chi connectivity index (χ3n) is 3.69. The summed E-state index contributed by atoms with van der Waals surface area (Å²) in [5, 5.41) is 3.15. The van der Waals surface area contributed by atoms with E-state index >= 15 is 0 Å². The summed E-state index contributed by atoms with van der Waals surface area (Å²) in [5.41, 5.74) is 1.08. The molecular weight excluding hydrogens is 338 g/mol. The Labute approximate surface area is 139 Å². The largest absolute Gasteiger partial charge is 0.295 e. The molecule has 0 unspecified atom stereocenters. The van der Waals surface area contributed by atoms with Crippen LogP contribution < -0.4 is 0 Å². The molecule has 1 fully saturated rings. The highest BCUT2D eigenvalue weighted by Crippen LogP contribution is 2.25. The van der Waals surface area contributed by atoms with E-state index in [1.165, 1.54) is 11.3 Å². The van der Waals surface area contributed by atoms with Crippen LogP contribution in [0.25, 0.3) is 0 Å². The Morgan fingerprint density at radius 1 is 1.18 bits per heavy atom. The van der Waals surface area contributed by atoms with E-state index in [0.717, 1.165) is 35.2 Å². The Kier molecular flexibility index (Phi) is 4.65. The van der Waals surface area contributed by atoms with Crippen LogP contribution in [0.3, 0.4) is 0 Å². The Bertz CT molecular complexity index is 743. The van der Waals surface area contributed by atoms with Gasteiger partial charge in [0.2, 0.25) is 0 Å². The van der Waals surface area contributed by atoms with Gasteiger partial charge in [0.05, 0.1) is 10.7 Å². The first kappa shape index (κ1) is 16.1. The van der Waals surface area contributed by atoms with Gasteiger partial charge in [-0.3, -0.25) is 4.90 Å². The van der Waals surface area contributed by atoms with Gasteiger partial charge < -0.3 is 0 Å². The first-order chi connectivity index (χ1) is 10.4. The molecule has 0 atom stereocenters. The number of aromatic nitrogens is 1. The van der Waals surface area contributed by atoms with Gasteiger partial charge in [-0.15, -0.1) is 22.7 Å². The molecule has 2 aromatic heterocycles. The summed E-state index contributed by atoms with van der Waals surface area (Å²) in [7, 11) is -3.32. The van der Waals surface area contributed by atoms with E-state index in [-0.39, 0.29) is 0 Å². The highest BCUT2D eigenvalue weighted by Gasteiger charge is 2.29. The van der Waals surface area contributed by atoms with Gasteiger partial charge in [-0.05, 0) is 26.0 Å². The standard InChI is InChI=1S/C14H19N3O2S3/c1-11-3-4-14(21-11)22(18,19)17-7-5-16(6-8-17)9-13-10-20-12(2)15-13/h3-4,10H,5-9H2,1-2H3. The summed E-state index contributed by atoms with van der Waals surface area (Å²) in [6.45, 7) is 7.32. The molecule has 22 heavy (non-hydrogen) atoms. The van der Waals surface area contributed by atoms with Crippen LogP contribution in [0.5, 0.6) is 0 Å². The van der Waals surface area contributed by atoms with Crippen molar-refractivity contribution < 1.29 is 8.42 Å². The minimum atomic E-state index is -3.32. The summed E-state index contributed by atoms with van der Waals surface area (Å²) in [4.78, 5) is 7.76. The molecule has 3 heterocycles. The number of hydrogen-bond acceptors (Lipinski definition) is 6. The van der Waals surface area contributed by atoms with Crippen molar-refractivity contribution >= 4 is 32.7 Å². The van der Waals surface area contributed by atoms with E-state index in [1.807, 2.05) is 19.9 Å². The van der Waals surface area contributed by atoms with Crippen LogP contribution in [0.4, 0.5) is 0 Å². The zero-order chi connectivity index (χ0) is 15.7. The number of piperazine rings is 1. The number of nitrogens with zero attached hydrogens (tertiary/aromatic N) is 3. The third-order valence-corrected chi connectivity index (χ3v) is 7.88. The Hall–Kier alpha value is -0.800. The molecule has 0 N–H and O–H groups in total. The molecule has 2 aromatic rings. The van der Waals surface area contributed by atoms with Crippen LogP contribution in [0.1, 0.15) is 15.6 Å². The molecule has 1 saturated heterocycles. The summed E-state index contributed by atoms with van der Waals surface area (Å²) < 4.78 is 27.2. The van der Waals surface area contributed by atoms with Crippen LogP contribution >= 0.6 is 22.7 Å². The second kappa shape index (κ2) is 6.37. The maximum Gasteiger partial charge on any atom is 0.252 e. The van der Waals surface area contributed by atoms with Gasteiger partial charge in [0.25, 0.3) is 10.0 Å². The molecule has 0 spiro atoms. The van der Waals surface area contributed by atoms with Crippen molar-refractivity contribution in [2.75, 3.05) is 26.2 Å². The fourth-order valence-electron chi connectivity index (χ4n) is 2.52. The molecule has 0 radical (unpaired) electrons. The zero-order valence-electron chi connectivity index (χ0n) is 12.7. The fraction of sp³-hybridized carbons (Fsp3) is 0.500. The molecular formula is C14H19N3O2S3. The van der Waals surface area contributed by atoms with Gasteiger partial charge in [0.15, 0.2) is 0 Å². The Morgan fingerprint density at radius 3 is 2.45 bits per heavy atom. The van der Waals surface area contributed by atoms with E-state index in [0.29, 0.717) is 17.3 Å². The van der Waals surface area contributed by atoms with Crippen molar-refractivity contribution in [3.63, 3.8) is 0 Å². The van der Waals surface area contributed by atoms with Gasteiger partial charge in [0.1, 0.15) is 4.21 Å². The number of aryl methyl sites for hydroxylation is 2. The number of hydrogen-bond donors (Lipinski definition) is 0. The predicted molar refractivity (Wildman–Crippen MR) is 89.9 cm³/mol. The van der Waals surface area contributed by atoms with Crippen molar-refractivity contribution in [3.8, 4) is 0 Å². The lowest BCUT2D eigenvalue weighted by Crippen LogP contribution is -2.48. The van der Waals surface area contributed by atoms with Gasteiger partial charge in [0, 0.05) is 43.0 Å². The van der Waals surface area contributed by atoms with E-state index < -0.39 is 10.0 Å². The normalized spacial score (nSPS) is 17.9. The summed E-state index contributed by atoms with van der Waals surface area (Å²) in [5.74, 6) is 0. The van der Waals surface area contributed by atoms with E-state index in [4.69, 9.17) is 0 Å².